The Bertz CT molecular complexity index is 559. The molecular weight excluding hydrogens is 475 g/mol. The zero-order chi connectivity index (χ0) is 23.4. The van der Waals surface area contributed by atoms with E-state index in [0.717, 1.165) is 0 Å². The molecule has 0 rings (SSSR count). The number of halogens is 17. The van der Waals surface area contributed by atoms with E-state index < -0.39 is 59.8 Å². The number of rotatable bonds is 8. The smallest absolute Gasteiger partial charge is 0.200 e. The summed E-state index contributed by atoms with van der Waals surface area (Å²) in [6.07, 6.45) is -10.3. The Kier molecular flexibility index (Phi) is 6.65. The molecule has 0 aromatic rings. The van der Waals surface area contributed by atoms with Gasteiger partial charge in [0, 0.05) is 12.2 Å². The Morgan fingerprint density at radius 2 is 0.643 bits per heavy atom. The van der Waals surface area contributed by atoms with E-state index in [-0.39, 0.29) is 0 Å². The maximum Gasteiger partial charge on any atom is 0.460 e. The van der Waals surface area contributed by atoms with Gasteiger partial charge in [0.2, 0.25) is 0 Å². The minimum absolute atomic E-state index is 1.58. The SMILES string of the molecule is FC(F)(F)C(F)(F)C(F)(F)C(F)(F)C(F)(F)C(F)(F)C(F)(F)C(F)(F)CC[S]. The first kappa shape index (κ1) is 27.2. The second kappa shape index (κ2) is 6.85. The second-order valence-electron chi connectivity index (χ2n) is 5.10. The van der Waals surface area contributed by atoms with Crippen molar-refractivity contribution in [2.45, 2.75) is 54.1 Å². The van der Waals surface area contributed by atoms with E-state index in [1.165, 1.54) is 0 Å². The Labute approximate surface area is 148 Å². The predicted octanol–water partition coefficient (Wildman–Crippen LogP) is 6.58. The van der Waals surface area contributed by atoms with E-state index in [1.807, 2.05) is 0 Å². The first-order valence-electron chi connectivity index (χ1n) is 6.10. The molecule has 0 aliphatic carbocycles. The molecule has 0 atom stereocenters. The van der Waals surface area contributed by atoms with Crippen molar-refractivity contribution >= 4 is 12.6 Å². The summed E-state index contributed by atoms with van der Waals surface area (Å²) < 4.78 is 217. The van der Waals surface area contributed by atoms with Crippen LogP contribution in [0.1, 0.15) is 6.42 Å². The molecule has 28 heavy (non-hydrogen) atoms. The van der Waals surface area contributed by atoms with Crippen LogP contribution in [-0.2, 0) is 0 Å². The highest BCUT2D eigenvalue weighted by Gasteiger charge is 2.95. The topological polar surface area (TPSA) is 0 Å². The number of alkyl halides is 17. The number of hydrogen-bond donors (Lipinski definition) is 0. The predicted molar refractivity (Wildman–Crippen MR) is 57.8 cm³/mol. The standard InChI is InChI=1S/C10H4F17S/c11-3(12,1-2-28)4(13,14)5(15,16)6(17,18)7(19,20)8(21,22)9(23,24)10(25,26)27/h1-2H2. The minimum atomic E-state index is -8.59. The molecule has 0 bridgehead atoms. The molecule has 1 radical (unpaired) electrons. The lowest BCUT2D eigenvalue weighted by molar-refractivity contribution is -0.461. The average Bonchev–Trinajstić information content (AvgIpc) is 2.44. The van der Waals surface area contributed by atoms with Gasteiger partial charge in [0.05, 0.1) is 0 Å². The molecule has 0 nitrogen and oxygen atoms in total. The molecule has 0 aliphatic heterocycles. The van der Waals surface area contributed by atoms with Gasteiger partial charge in [-0.05, 0) is 0 Å². The van der Waals surface area contributed by atoms with Gasteiger partial charge in [-0.3, -0.25) is 0 Å². The molecule has 0 N–H and O–H groups in total. The van der Waals surface area contributed by atoms with Gasteiger partial charge in [0.25, 0.3) is 0 Å². The van der Waals surface area contributed by atoms with Crippen LogP contribution >= 0.6 is 12.6 Å². The molecule has 0 aromatic heterocycles. The van der Waals surface area contributed by atoms with Crippen molar-refractivity contribution in [3.8, 4) is 0 Å². The molecule has 169 valence electrons. The van der Waals surface area contributed by atoms with Gasteiger partial charge in [-0.1, -0.05) is 12.6 Å². The molecule has 0 heterocycles. The summed E-state index contributed by atoms with van der Waals surface area (Å²) in [5.41, 5.74) is 0. The van der Waals surface area contributed by atoms with E-state index in [0.29, 0.717) is 0 Å². The molecular formula is C10H4F17S. The molecule has 0 amide bonds. The third kappa shape index (κ3) is 3.36. The van der Waals surface area contributed by atoms with Crippen molar-refractivity contribution in [2.24, 2.45) is 0 Å². The molecule has 0 unspecified atom stereocenters. The first-order valence-corrected chi connectivity index (χ1v) is 6.68. The monoisotopic (exact) mass is 479 g/mol. The highest BCUT2D eigenvalue weighted by Crippen LogP contribution is 2.64. The minimum Gasteiger partial charge on any atom is -0.200 e. The van der Waals surface area contributed by atoms with Crippen molar-refractivity contribution in [3.63, 3.8) is 0 Å². The van der Waals surface area contributed by atoms with Gasteiger partial charge >= 0.3 is 47.6 Å². The quantitative estimate of drug-likeness (QED) is 0.345. The van der Waals surface area contributed by atoms with Crippen LogP contribution in [0.4, 0.5) is 74.6 Å². The fourth-order valence-electron chi connectivity index (χ4n) is 1.48. The lowest BCUT2D eigenvalue weighted by Gasteiger charge is -2.42. The molecule has 0 spiro atoms. The van der Waals surface area contributed by atoms with Crippen LogP contribution in [0.5, 0.6) is 0 Å². The highest BCUT2D eigenvalue weighted by molar-refractivity contribution is 7.80. The Morgan fingerprint density at radius 3 is 0.893 bits per heavy atom. The lowest BCUT2D eigenvalue weighted by Crippen LogP contribution is -2.74. The fraction of sp³-hybridized carbons (Fsp3) is 1.00. The summed E-state index contributed by atoms with van der Waals surface area (Å²) >= 11 is 3.67. The summed E-state index contributed by atoms with van der Waals surface area (Å²) in [7, 11) is 0. The van der Waals surface area contributed by atoms with Crippen molar-refractivity contribution < 1.29 is 74.6 Å². The van der Waals surface area contributed by atoms with Crippen LogP contribution in [0.3, 0.4) is 0 Å². The zero-order valence-electron chi connectivity index (χ0n) is 12.2. The molecule has 0 saturated heterocycles. The van der Waals surface area contributed by atoms with Gasteiger partial charge in [-0.2, -0.15) is 74.6 Å². The molecule has 0 saturated carbocycles. The third-order valence-electron chi connectivity index (χ3n) is 3.20. The van der Waals surface area contributed by atoms with Crippen LogP contribution in [-0.4, -0.2) is 53.4 Å². The van der Waals surface area contributed by atoms with Crippen molar-refractivity contribution in [3.05, 3.63) is 0 Å². The second-order valence-corrected chi connectivity index (χ2v) is 5.51. The first-order chi connectivity index (χ1) is 11.8. The zero-order valence-corrected chi connectivity index (χ0v) is 13.1. The molecule has 18 heteroatoms. The van der Waals surface area contributed by atoms with E-state index in [4.69, 9.17) is 0 Å². The summed E-state index contributed by atoms with van der Waals surface area (Å²) in [6.45, 7) is 0. The average molecular weight is 479 g/mol. The summed E-state index contributed by atoms with van der Waals surface area (Å²) in [4.78, 5) is 0. The Morgan fingerprint density at radius 1 is 0.393 bits per heavy atom. The Hall–Kier alpha value is -0.840. The third-order valence-corrected chi connectivity index (χ3v) is 3.41. The van der Waals surface area contributed by atoms with Crippen LogP contribution in [0.15, 0.2) is 0 Å². The molecule has 0 aromatic carbocycles. The van der Waals surface area contributed by atoms with Crippen molar-refractivity contribution in [2.75, 3.05) is 5.75 Å². The largest absolute Gasteiger partial charge is 0.460 e. The van der Waals surface area contributed by atoms with E-state index >= 15 is 0 Å². The van der Waals surface area contributed by atoms with Crippen LogP contribution < -0.4 is 0 Å². The van der Waals surface area contributed by atoms with Crippen LogP contribution in [0, 0.1) is 0 Å². The normalized spacial score (nSPS) is 16.5. The fourth-order valence-corrected chi connectivity index (χ4v) is 1.74. The molecule has 0 fully saturated rings. The van der Waals surface area contributed by atoms with E-state index in [1.54, 1.807) is 0 Å². The van der Waals surface area contributed by atoms with Gasteiger partial charge in [-0.15, -0.1) is 0 Å². The summed E-state index contributed by atoms with van der Waals surface area (Å²) in [5.74, 6) is -57.5. The summed E-state index contributed by atoms with van der Waals surface area (Å²) in [6, 6.07) is 0. The van der Waals surface area contributed by atoms with Gasteiger partial charge in [-0.25, -0.2) is 0 Å². The van der Waals surface area contributed by atoms with Gasteiger partial charge < -0.3 is 0 Å². The van der Waals surface area contributed by atoms with E-state index in [9.17, 15) is 74.6 Å². The van der Waals surface area contributed by atoms with Gasteiger partial charge in [0.1, 0.15) is 0 Å². The van der Waals surface area contributed by atoms with Crippen LogP contribution in [0.2, 0.25) is 0 Å². The van der Waals surface area contributed by atoms with Crippen molar-refractivity contribution in [1.29, 1.82) is 0 Å². The highest BCUT2D eigenvalue weighted by atomic mass is 32.1. The van der Waals surface area contributed by atoms with Crippen molar-refractivity contribution in [1.82, 2.24) is 0 Å². The number of hydrogen-bond acceptors (Lipinski definition) is 0. The maximum atomic E-state index is 13.2. The summed E-state index contributed by atoms with van der Waals surface area (Å²) in [5, 5.41) is 0. The Balaban J connectivity index is 6.63. The van der Waals surface area contributed by atoms with E-state index in [2.05, 4.69) is 12.6 Å². The van der Waals surface area contributed by atoms with Crippen LogP contribution in [0.25, 0.3) is 0 Å². The maximum absolute atomic E-state index is 13.2. The van der Waals surface area contributed by atoms with Gasteiger partial charge in [0.15, 0.2) is 0 Å². The molecule has 0 aliphatic rings. The lowest BCUT2D eigenvalue weighted by atomic mass is 9.88.